The van der Waals surface area contributed by atoms with E-state index in [0.29, 0.717) is 6.54 Å². The van der Waals surface area contributed by atoms with Crippen molar-refractivity contribution in [3.8, 4) is 0 Å². The molecular weight excluding hydrogens is 1880 g/mol. The predicted molar refractivity (Wildman–Crippen MR) is 439 cm³/mol. The van der Waals surface area contributed by atoms with E-state index in [1.807, 2.05) is 0 Å². The summed E-state index contributed by atoms with van der Waals surface area (Å²) in [5.74, 6) is -0.390. The van der Waals surface area contributed by atoms with Crippen molar-refractivity contribution in [3.05, 3.63) is 0 Å². The topological polar surface area (TPSA) is 1090 Å². The number of aliphatic hydroxyl groups is 35. The minimum Gasteiger partial charge on any atom is -0.394 e. The number of carbonyl (C=O) groups is 1. The van der Waals surface area contributed by atoms with Crippen LogP contribution in [0.25, 0.3) is 0 Å². The maximum Gasteiger partial charge on any atom is 0.217 e. The second-order valence-corrected chi connectivity index (χ2v) is 32.1. The zero-order chi connectivity index (χ0) is 103. The fraction of sp³-hybridized carbons (Fsp3) is 0.986. The Morgan fingerprint density at radius 1 is 0.248 bits per heavy atom. The van der Waals surface area contributed by atoms with E-state index in [4.69, 9.17) is 156 Å². The highest BCUT2D eigenvalue weighted by molar-refractivity contribution is 5.73. The Hall–Kier alpha value is -2.97. The molecule has 1 amide bonds. The largest absolute Gasteiger partial charge is 0.394 e. The zero-order valence-corrected chi connectivity index (χ0v) is 74.6. The molecule has 0 aromatic rings. The lowest BCUT2D eigenvalue weighted by molar-refractivity contribution is -0.367. The zero-order valence-electron chi connectivity index (χ0n) is 74.6. The first-order valence-corrected chi connectivity index (χ1v) is 43.4. The number of nitrogens with one attached hydrogen (secondary N) is 1. The summed E-state index contributed by atoms with van der Waals surface area (Å²) < 4.78 is 99.3. The third kappa shape index (κ3) is 35.4. The molecule has 137 heavy (non-hydrogen) atoms. The van der Waals surface area contributed by atoms with Crippen molar-refractivity contribution < 1.29 is 274 Å². The normalized spacial score (nSPS) is 45.0. The first-order chi connectivity index (χ1) is 64.8. The summed E-state index contributed by atoms with van der Waals surface area (Å²) in [5, 5.41) is 338. The summed E-state index contributed by atoms with van der Waals surface area (Å²) >= 11 is 0. The number of hydrogen-bond acceptors (Lipinski definition) is 62. The molecule has 50 N–H and O–H groups in total. The average molecular weight is 2030 g/mol. The number of ether oxygens (including phenoxy) is 19. The van der Waals surface area contributed by atoms with Crippen molar-refractivity contribution in [2.24, 2.45) is 40.1 Å². The van der Waals surface area contributed by atoms with Gasteiger partial charge in [0, 0.05) is 46.2 Å². The van der Waals surface area contributed by atoms with E-state index in [2.05, 4.69) is 5.32 Å². The van der Waals surface area contributed by atoms with Crippen molar-refractivity contribution in [2.75, 3.05) is 138 Å². The van der Waals surface area contributed by atoms with Gasteiger partial charge in [0.2, 0.25) is 5.91 Å². The van der Waals surface area contributed by atoms with Gasteiger partial charge in [0.1, 0.15) is 232 Å². The van der Waals surface area contributed by atoms with Gasteiger partial charge < -0.3 is 314 Å². The Kier molecular flexibility index (Phi) is 58.6. The van der Waals surface area contributed by atoms with Crippen LogP contribution < -0.4 is 45.5 Å². The van der Waals surface area contributed by atoms with Crippen molar-refractivity contribution in [1.29, 1.82) is 0 Å². The minimum atomic E-state index is -1.83. The van der Waals surface area contributed by atoms with Crippen LogP contribution in [0.1, 0.15) is 13.8 Å². The number of hydrogen-bond donors (Lipinski definition) is 43. The minimum absolute atomic E-state index is 0.0141. The fourth-order valence-corrected chi connectivity index (χ4v) is 14.1. The fourth-order valence-electron chi connectivity index (χ4n) is 14.1. The predicted octanol–water partition coefficient (Wildman–Crippen LogP) is -28.0. The maximum absolute atomic E-state index is 11.0. The highest BCUT2D eigenvalue weighted by atomic mass is 16.8. The highest BCUT2D eigenvalue weighted by Gasteiger charge is 2.56. The molecule has 10 aliphatic heterocycles. The van der Waals surface area contributed by atoms with Crippen LogP contribution in [0, 0.1) is 0 Å². The number of rotatable bonds is 34. The molecule has 0 radical (unpaired) electrons. The summed E-state index contributed by atoms with van der Waals surface area (Å²) in [7, 11) is 0. The highest BCUT2D eigenvalue weighted by Crippen LogP contribution is 2.35. The van der Waals surface area contributed by atoms with Crippen molar-refractivity contribution in [3.63, 3.8) is 0 Å². The third-order valence-electron chi connectivity index (χ3n) is 22.1. The lowest BCUT2D eigenvalue weighted by Gasteiger charge is -2.46. The van der Waals surface area contributed by atoms with Gasteiger partial charge >= 0.3 is 0 Å². The molecule has 10 aliphatic rings. The summed E-state index contributed by atoms with van der Waals surface area (Å²) in [6.45, 7) is -0.363. The van der Waals surface area contributed by atoms with Gasteiger partial charge in [-0.3, -0.25) is 4.79 Å². The molecule has 10 heterocycles. The van der Waals surface area contributed by atoms with Crippen LogP contribution in [0.5, 0.6) is 0 Å². The van der Waals surface area contributed by atoms with Gasteiger partial charge in [0.05, 0.1) is 111 Å². The molecule has 63 heteroatoms. The van der Waals surface area contributed by atoms with Crippen molar-refractivity contribution in [2.45, 2.75) is 321 Å². The summed E-state index contributed by atoms with van der Waals surface area (Å²) in [6.07, 6.45) is -65.2. The quantitative estimate of drug-likeness (QED) is 0.0284. The summed E-state index contributed by atoms with van der Waals surface area (Å²) in [5.41, 5.74) is 37.0. The van der Waals surface area contributed by atoms with Gasteiger partial charge in [0.25, 0.3) is 0 Å². The second-order valence-electron chi connectivity index (χ2n) is 32.1. The van der Waals surface area contributed by atoms with Crippen LogP contribution in [-0.4, -0.2) is 630 Å². The first-order valence-electron chi connectivity index (χ1n) is 43.4. The Bertz CT molecular complexity index is 3120. The van der Waals surface area contributed by atoms with E-state index < -0.39 is 372 Å². The van der Waals surface area contributed by atoms with Crippen molar-refractivity contribution in [1.82, 2.24) is 5.32 Å². The molecule has 0 saturated carbocycles. The smallest absolute Gasteiger partial charge is 0.217 e. The molecule has 0 aromatic carbocycles. The van der Waals surface area contributed by atoms with Gasteiger partial charge in [-0.1, -0.05) is 0 Å². The summed E-state index contributed by atoms with van der Waals surface area (Å²) in [6, 6.07) is -1.95. The van der Waals surface area contributed by atoms with E-state index in [1.54, 1.807) is 6.92 Å². The van der Waals surface area contributed by atoms with Crippen molar-refractivity contribution >= 4 is 5.91 Å². The molecule has 63 nitrogen and oxygen atoms in total. The Morgan fingerprint density at radius 2 is 0.489 bits per heavy atom. The van der Waals surface area contributed by atoms with Crippen LogP contribution in [0.15, 0.2) is 0 Å². The van der Waals surface area contributed by atoms with Crippen LogP contribution in [0.4, 0.5) is 0 Å². The molecule has 0 aliphatic carbocycles. The van der Waals surface area contributed by atoms with Gasteiger partial charge in [-0.2, -0.15) is 0 Å². The molecule has 10 fully saturated rings. The Balaban J connectivity index is 0.000000347. The molecule has 10 saturated heterocycles. The standard InChI is InChI=1S/C20H37NO16.C14H27NO11.C10H20N2O6.2C8H17NO6.C8H17NO5.C6H13NO5/c21-1-2-32-19-16(31)17(37-20-15(30)13(28)10(25)7(4-23)35-20)11(26)8(36-19)5-33-18-14(29)12(27)9(24)6(3-22)34-18;15-1-2-23-14-12(10(21)8(19)6(4-17)25-14)26-13-11(22)9(20)7(18)5(3-16)24-13;1-5(14)12-7-9(16)8(15)6(4-13)18-10(7)17-3-2-11;2*9-1-2-14-8-7(13)6(12)5(11)4(3-10)15-8;1-4-5(10)6(11)7(12)8(14-4)13-3-2-9;7-3-5(10)4(9)2(1-8)12-6(3)11/h6-20,22-31H,1-5,21H2;5-14,16-22H,1-4,15H2;6-10,13,15-16H,2-4,11H2,1H3,(H,12,14);2*4-8,10-13H,1-3,9H2;4-8,10-12H,2-3,9H2,1H3;2-6,8-11H,1,7H2/t6-,7-,8-,9-,10-,11-,12+,13+,14+,15+,16+,17+,18+,19+,20?;5-,6-,7-,8-,9+,10+,11+,12+,13?,14+;6-,7-,8-,9-,10+;4-,5-,6+,7+,8+;4-,5-,6+,7-,8+;4-,5+,6+,7-,8-;2-,3-,4-,5-,6?/m1111101/s1. The van der Waals surface area contributed by atoms with E-state index in [-0.39, 0.29) is 72.4 Å². The second kappa shape index (κ2) is 63.5. The number of carbonyl (C=O) groups excluding carboxylic acids is 1. The molecule has 0 spiro atoms. The summed E-state index contributed by atoms with van der Waals surface area (Å²) in [4.78, 5) is 11.0. The number of nitrogens with two attached hydrogens (primary N) is 7. The number of amides is 1. The molecule has 10 rings (SSSR count). The third-order valence-corrected chi connectivity index (χ3v) is 22.1. The Morgan fingerprint density at radius 3 is 0.825 bits per heavy atom. The van der Waals surface area contributed by atoms with Crippen LogP contribution >= 0.6 is 0 Å². The first kappa shape index (κ1) is 126. The Labute approximate surface area is 781 Å². The molecular formula is C74H148N8O55. The molecule has 3 unspecified atom stereocenters. The lowest BCUT2D eigenvalue weighted by Crippen LogP contribution is -2.65. The van der Waals surface area contributed by atoms with Crippen LogP contribution in [-0.2, 0) is 94.8 Å². The maximum atomic E-state index is 11.0. The SMILES string of the molecule is CC(=O)N[C@H]1[C@@H](OCCN)O[C@H](CO)[C@@H](O)[C@@H]1O.C[C@@H]1O[C@H](OCCN)[C@@H](O)[C@H](O)[C@@H]1O.NCCO[C@H]1O[C@H](CO)[C@@H](O)[C@H](O)[C@@H]1O.NCCO[C@H]1O[C@H](CO)[C@@H](O)[C@H](O)[C@@H]1OC1O[C@H](CO)[C@@H](O)[C@H](O)[C@@H]1O.NCCO[C@H]1O[C@H](CO)[C@@H](O)[C@H](O)[C@H]1O.NCCO[C@H]1O[C@H](CO[C@H]2O[C@H](CO)[C@@H](O)[C@H](O)[C@@H]2O)[C@@H](O)[C@H](OC2O[C@H](CO)[C@@H](O)[C@H](O)[C@@H]2O)[C@@H]1O.N[C@H]1C(O)O[C@H](CO)[C@@H](O)[C@@H]1O. The van der Waals surface area contributed by atoms with Gasteiger partial charge in [-0.25, -0.2) is 0 Å². The van der Waals surface area contributed by atoms with Gasteiger partial charge in [-0.05, 0) is 6.92 Å². The molecule has 50 atom stereocenters. The van der Waals surface area contributed by atoms with Crippen LogP contribution in [0.3, 0.4) is 0 Å². The monoisotopic (exact) mass is 2030 g/mol. The number of aliphatic hydroxyl groups excluding tert-OH is 35. The van der Waals surface area contributed by atoms with E-state index >= 15 is 0 Å². The molecule has 0 bridgehead atoms. The van der Waals surface area contributed by atoms with E-state index in [1.165, 1.54) is 6.92 Å². The average Bonchev–Trinajstić information content (AvgIpc) is 0.730. The van der Waals surface area contributed by atoms with E-state index in [0.717, 1.165) is 0 Å². The molecule has 814 valence electrons. The lowest BCUT2D eigenvalue weighted by atomic mass is 9.96. The molecule has 0 aromatic heterocycles. The van der Waals surface area contributed by atoms with Gasteiger partial charge in [-0.15, -0.1) is 0 Å². The van der Waals surface area contributed by atoms with E-state index in [9.17, 15) is 158 Å². The van der Waals surface area contributed by atoms with Gasteiger partial charge in [0.15, 0.2) is 62.9 Å². The van der Waals surface area contributed by atoms with Crippen LogP contribution in [0.2, 0.25) is 0 Å².